The maximum atomic E-state index is 13.4. The summed E-state index contributed by atoms with van der Waals surface area (Å²) in [6.07, 6.45) is 2.62. The van der Waals surface area contributed by atoms with Crippen LogP contribution in [0.1, 0.15) is 29.8 Å². The molecule has 0 radical (unpaired) electrons. The molecule has 0 spiro atoms. The summed E-state index contributed by atoms with van der Waals surface area (Å²) in [4.78, 5) is 22.6. The van der Waals surface area contributed by atoms with Gasteiger partial charge >= 0.3 is 0 Å². The van der Waals surface area contributed by atoms with Crippen molar-refractivity contribution in [2.24, 2.45) is 5.92 Å². The highest BCUT2D eigenvalue weighted by Crippen LogP contribution is 2.34. The second-order valence-electron chi connectivity index (χ2n) is 9.59. The minimum atomic E-state index is 0.0554. The van der Waals surface area contributed by atoms with Gasteiger partial charge in [-0.25, -0.2) is 4.98 Å². The summed E-state index contributed by atoms with van der Waals surface area (Å²) >= 11 is 6.11. The van der Waals surface area contributed by atoms with Crippen LogP contribution < -0.4 is 9.80 Å². The van der Waals surface area contributed by atoms with Crippen LogP contribution in [0.4, 0.5) is 11.5 Å². The van der Waals surface area contributed by atoms with Gasteiger partial charge in [-0.05, 0) is 62.4 Å². The van der Waals surface area contributed by atoms with Gasteiger partial charge in [-0.2, -0.15) is 9.61 Å². The maximum absolute atomic E-state index is 13.4. The Bertz CT molecular complexity index is 1420. The average Bonchev–Trinajstić information content (AvgIpc) is 3.44. The normalized spacial score (nSPS) is 16.2. The minimum absolute atomic E-state index is 0.0554. The fourth-order valence-electron chi connectivity index (χ4n) is 5.55. The monoisotopic (exact) mass is 485 g/mol. The molecule has 0 atom stereocenters. The molecular formula is C28H28ClN5O. The summed E-state index contributed by atoms with van der Waals surface area (Å²) in [5.41, 5.74) is 7.20. The van der Waals surface area contributed by atoms with E-state index in [1.54, 1.807) is 0 Å². The van der Waals surface area contributed by atoms with E-state index in [4.69, 9.17) is 21.7 Å². The molecule has 6 rings (SSSR count). The summed E-state index contributed by atoms with van der Waals surface area (Å²) < 4.78 is 1.96. The number of para-hydroxylation sites is 1. The summed E-state index contributed by atoms with van der Waals surface area (Å²) in [7, 11) is 0. The zero-order valence-corrected chi connectivity index (χ0v) is 20.8. The molecule has 2 aromatic heterocycles. The van der Waals surface area contributed by atoms with E-state index in [2.05, 4.69) is 29.2 Å². The lowest BCUT2D eigenvalue weighted by atomic mass is 9.95. The number of amides is 1. The number of nitrogens with zero attached hydrogens (tertiary/aromatic N) is 5. The quantitative estimate of drug-likeness (QED) is 0.386. The van der Waals surface area contributed by atoms with Gasteiger partial charge in [-0.15, -0.1) is 0 Å². The molecule has 178 valence electrons. The first-order valence-corrected chi connectivity index (χ1v) is 12.6. The smallest absolute Gasteiger partial charge is 0.230 e. The zero-order valence-electron chi connectivity index (χ0n) is 20.0. The van der Waals surface area contributed by atoms with Gasteiger partial charge in [0.1, 0.15) is 5.82 Å². The number of halogens is 1. The second kappa shape index (κ2) is 8.68. The van der Waals surface area contributed by atoms with E-state index in [1.807, 2.05) is 53.6 Å². The van der Waals surface area contributed by atoms with Crippen molar-refractivity contribution >= 4 is 34.7 Å². The first-order chi connectivity index (χ1) is 17.0. The van der Waals surface area contributed by atoms with E-state index in [0.29, 0.717) is 5.02 Å². The molecule has 1 saturated heterocycles. The van der Waals surface area contributed by atoms with Crippen LogP contribution >= 0.6 is 11.6 Å². The van der Waals surface area contributed by atoms with Gasteiger partial charge in [0.05, 0.1) is 5.69 Å². The van der Waals surface area contributed by atoms with Crippen LogP contribution in [0, 0.1) is 19.8 Å². The Morgan fingerprint density at radius 3 is 2.51 bits per heavy atom. The van der Waals surface area contributed by atoms with E-state index in [-0.39, 0.29) is 11.8 Å². The predicted molar refractivity (Wildman–Crippen MR) is 140 cm³/mol. The molecule has 4 heterocycles. The molecule has 0 bridgehead atoms. The SMILES string of the molecule is Cc1cc(N2CCC(C(=O)N3CCc4ccccc43)CC2)n2nc(C)c(-c3ccc(Cl)cc3)c2n1. The maximum Gasteiger partial charge on any atom is 0.230 e. The molecule has 0 saturated carbocycles. The Labute approximate surface area is 210 Å². The molecule has 2 aromatic carbocycles. The lowest BCUT2D eigenvalue weighted by Crippen LogP contribution is -2.42. The van der Waals surface area contributed by atoms with Crippen molar-refractivity contribution in [1.82, 2.24) is 14.6 Å². The topological polar surface area (TPSA) is 53.7 Å². The van der Waals surface area contributed by atoms with Crippen LogP contribution in [0.2, 0.25) is 5.02 Å². The lowest BCUT2D eigenvalue weighted by molar-refractivity contribution is -0.122. The lowest BCUT2D eigenvalue weighted by Gasteiger charge is -2.34. The first kappa shape index (κ1) is 22.1. The Kier molecular flexibility index (Phi) is 5.49. The molecule has 4 aromatic rings. The van der Waals surface area contributed by atoms with E-state index in [9.17, 15) is 4.79 Å². The molecule has 1 amide bonds. The standard InChI is InChI=1S/C28H28ClN5O/c1-18-17-25(34-27(30-18)26(19(2)31-34)21-7-9-23(29)10-8-21)32-14-11-22(12-15-32)28(35)33-16-13-20-5-3-4-6-24(20)33/h3-10,17,22H,11-16H2,1-2H3. The van der Waals surface area contributed by atoms with Crippen LogP contribution in [-0.4, -0.2) is 40.1 Å². The molecule has 35 heavy (non-hydrogen) atoms. The number of carbonyl (C=O) groups excluding carboxylic acids is 1. The van der Waals surface area contributed by atoms with Gasteiger partial charge in [0.15, 0.2) is 5.65 Å². The van der Waals surface area contributed by atoms with Crippen molar-refractivity contribution in [3.05, 3.63) is 76.6 Å². The number of anilines is 2. The van der Waals surface area contributed by atoms with Crippen LogP contribution in [-0.2, 0) is 11.2 Å². The Balaban J connectivity index is 1.26. The number of aromatic nitrogens is 3. The number of rotatable bonds is 3. The molecule has 7 heteroatoms. The third-order valence-corrected chi connectivity index (χ3v) is 7.58. The van der Waals surface area contributed by atoms with Gasteiger partial charge in [0.25, 0.3) is 0 Å². The van der Waals surface area contributed by atoms with Gasteiger partial charge in [-0.1, -0.05) is 41.9 Å². The molecule has 6 nitrogen and oxygen atoms in total. The van der Waals surface area contributed by atoms with Gasteiger partial charge in [0.2, 0.25) is 5.91 Å². The fraction of sp³-hybridized carbons (Fsp3) is 0.321. The number of hydrogen-bond donors (Lipinski definition) is 0. The highest BCUT2D eigenvalue weighted by molar-refractivity contribution is 6.30. The molecule has 0 aliphatic carbocycles. The van der Waals surface area contributed by atoms with Gasteiger partial charge in [0, 0.05) is 53.6 Å². The van der Waals surface area contributed by atoms with Crippen molar-refractivity contribution in [2.75, 3.05) is 29.4 Å². The first-order valence-electron chi connectivity index (χ1n) is 12.3. The molecule has 0 unspecified atom stereocenters. The number of benzene rings is 2. The summed E-state index contributed by atoms with van der Waals surface area (Å²) in [6.45, 7) is 6.48. The van der Waals surface area contributed by atoms with Gasteiger partial charge < -0.3 is 9.80 Å². The number of carbonyl (C=O) groups is 1. The summed E-state index contributed by atoms with van der Waals surface area (Å²) in [5, 5.41) is 5.59. The fourth-order valence-corrected chi connectivity index (χ4v) is 5.67. The predicted octanol–water partition coefficient (Wildman–Crippen LogP) is 5.47. The largest absolute Gasteiger partial charge is 0.356 e. The Hall–Kier alpha value is -3.38. The molecule has 2 aliphatic rings. The van der Waals surface area contributed by atoms with Crippen LogP contribution in [0.5, 0.6) is 0 Å². The Morgan fingerprint density at radius 1 is 1.00 bits per heavy atom. The molecule has 2 aliphatic heterocycles. The van der Waals surface area contributed by atoms with Crippen molar-refractivity contribution in [3.63, 3.8) is 0 Å². The van der Waals surface area contributed by atoms with E-state index >= 15 is 0 Å². The van der Waals surface area contributed by atoms with E-state index in [0.717, 1.165) is 78.6 Å². The third kappa shape index (κ3) is 3.86. The number of fused-ring (bicyclic) bond motifs is 2. The zero-order chi connectivity index (χ0) is 24.1. The highest BCUT2D eigenvalue weighted by atomic mass is 35.5. The van der Waals surface area contributed by atoms with Crippen LogP contribution in [0.25, 0.3) is 16.8 Å². The van der Waals surface area contributed by atoms with Crippen molar-refractivity contribution in [2.45, 2.75) is 33.1 Å². The molecule has 1 fully saturated rings. The molecule has 0 N–H and O–H groups in total. The second-order valence-corrected chi connectivity index (χ2v) is 10.0. The highest BCUT2D eigenvalue weighted by Gasteiger charge is 2.33. The van der Waals surface area contributed by atoms with E-state index in [1.165, 1.54) is 5.56 Å². The average molecular weight is 486 g/mol. The van der Waals surface area contributed by atoms with Crippen molar-refractivity contribution in [3.8, 4) is 11.1 Å². The van der Waals surface area contributed by atoms with Crippen molar-refractivity contribution in [1.29, 1.82) is 0 Å². The van der Waals surface area contributed by atoms with Gasteiger partial charge in [-0.3, -0.25) is 4.79 Å². The minimum Gasteiger partial charge on any atom is -0.356 e. The number of hydrogen-bond acceptors (Lipinski definition) is 4. The summed E-state index contributed by atoms with van der Waals surface area (Å²) in [5.74, 6) is 1.36. The van der Waals surface area contributed by atoms with Crippen molar-refractivity contribution < 1.29 is 4.79 Å². The summed E-state index contributed by atoms with van der Waals surface area (Å²) in [6, 6.07) is 18.2. The molecular weight excluding hydrogens is 458 g/mol. The van der Waals surface area contributed by atoms with E-state index < -0.39 is 0 Å². The Morgan fingerprint density at radius 2 is 1.74 bits per heavy atom. The van der Waals surface area contributed by atoms with Crippen LogP contribution in [0.15, 0.2) is 54.6 Å². The van der Waals surface area contributed by atoms with Crippen LogP contribution in [0.3, 0.4) is 0 Å². The third-order valence-electron chi connectivity index (χ3n) is 7.33. The number of piperidine rings is 1. The number of aryl methyl sites for hydroxylation is 2.